The molecule has 0 aliphatic rings. The zero-order valence-electron chi connectivity index (χ0n) is 7.75. The van der Waals surface area contributed by atoms with E-state index in [1.807, 2.05) is 0 Å². The van der Waals surface area contributed by atoms with E-state index in [2.05, 4.69) is 0 Å². The van der Waals surface area contributed by atoms with Gasteiger partial charge in [0.05, 0.1) is 5.56 Å². The third-order valence-corrected chi connectivity index (χ3v) is 1.69. The summed E-state index contributed by atoms with van der Waals surface area (Å²) >= 11 is 0. The van der Waals surface area contributed by atoms with Crippen molar-refractivity contribution in [2.75, 3.05) is 0 Å². The van der Waals surface area contributed by atoms with Gasteiger partial charge in [-0.3, -0.25) is 0 Å². The van der Waals surface area contributed by atoms with Crippen molar-refractivity contribution in [2.45, 2.75) is 6.18 Å². The van der Waals surface area contributed by atoms with Crippen LogP contribution in [0.5, 0.6) is 5.75 Å². The second kappa shape index (κ2) is 4.27. The molecule has 0 aromatic heterocycles. The largest absolute Gasteiger partial charge is 0.508 e. The van der Waals surface area contributed by atoms with E-state index in [0.29, 0.717) is 0 Å². The number of phenolic OH excluding ortho intramolecular Hbond substituents is 1. The number of allylic oxidation sites excluding steroid dienone is 1. The molecule has 0 saturated carbocycles. The summed E-state index contributed by atoms with van der Waals surface area (Å²) in [5, 5.41) is 8.66. The van der Waals surface area contributed by atoms with Gasteiger partial charge in [-0.15, -0.1) is 0 Å². The highest BCUT2D eigenvalue weighted by molar-refractivity contribution is 5.63. The van der Waals surface area contributed by atoms with Crippen molar-refractivity contribution in [1.29, 1.82) is 0 Å². The van der Waals surface area contributed by atoms with Gasteiger partial charge in [-0.1, -0.05) is 0 Å². The molecule has 94 valence electrons. The fraction of sp³-hybridized carbons (Fsp3) is 0.111. The maximum absolute atomic E-state index is 12.9. The Morgan fingerprint density at radius 2 is 1.41 bits per heavy atom. The van der Waals surface area contributed by atoms with Crippen LogP contribution in [0.15, 0.2) is 18.0 Å². The number of phenols is 1. The molecular formula is C9H3F7O. The second-order valence-electron chi connectivity index (χ2n) is 2.91. The molecule has 0 spiro atoms. The van der Waals surface area contributed by atoms with Crippen molar-refractivity contribution in [3.63, 3.8) is 0 Å². The van der Waals surface area contributed by atoms with Gasteiger partial charge in [-0.2, -0.15) is 17.6 Å². The normalized spacial score (nSPS) is 13.6. The van der Waals surface area contributed by atoms with E-state index in [4.69, 9.17) is 5.11 Å². The summed E-state index contributed by atoms with van der Waals surface area (Å²) in [4.78, 5) is 0. The van der Waals surface area contributed by atoms with Crippen LogP contribution in [0, 0.1) is 11.6 Å². The van der Waals surface area contributed by atoms with Gasteiger partial charge in [0, 0.05) is 12.1 Å². The molecule has 0 aliphatic heterocycles. The monoisotopic (exact) mass is 260 g/mol. The summed E-state index contributed by atoms with van der Waals surface area (Å²) in [6, 6.07) is 0.309. The first-order chi connectivity index (χ1) is 7.64. The van der Waals surface area contributed by atoms with Crippen molar-refractivity contribution < 1.29 is 35.8 Å². The second-order valence-corrected chi connectivity index (χ2v) is 2.91. The van der Waals surface area contributed by atoms with E-state index in [1.165, 1.54) is 0 Å². The maximum Gasteiger partial charge on any atom is 0.445 e. The Hall–Kier alpha value is -1.73. The molecule has 0 heterocycles. The summed E-state index contributed by atoms with van der Waals surface area (Å²) in [5.74, 6) is -10.6. The van der Waals surface area contributed by atoms with Gasteiger partial charge < -0.3 is 5.11 Å². The van der Waals surface area contributed by atoms with E-state index in [1.54, 1.807) is 0 Å². The highest BCUT2D eigenvalue weighted by Crippen LogP contribution is 2.36. The molecule has 1 N–H and O–H groups in total. The van der Waals surface area contributed by atoms with Crippen molar-refractivity contribution >= 4 is 5.83 Å². The standard InChI is InChI=1S/C9H3F7O/c10-4-1-3(17)2-5(11)6(4)7(12)8(13)9(14,15)16/h1-2,17H. The Morgan fingerprint density at radius 3 is 1.76 bits per heavy atom. The molecular weight excluding hydrogens is 257 g/mol. The topological polar surface area (TPSA) is 20.2 Å². The van der Waals surface area contributed by atoms with Gasteiger partial charge in [0.25, 0.3) is 0 Å². The minimum atomic E-state index is -5.69. The number of aromatic hydroxyl groups is 1. The Balaban J connectivity index is 3.46. The lowest BCUT2D eigenvalue weighted by atomic mass is 10.1. The highest BCUT2D eigenvalue weighted by Gasteiger charge is 2.39. The molecule has 0 aliphatic carbocycles. The molecule has 0 saturated heterocycles. The summed E-state index contributed by atoms with van der Waals surface area (Å²) in [6.45, 7) is 0. The van der Waals surface area contributed by atoms with Crippen molar-refractivity contribution in [1.82, 2.24) is 0 Å². The molecule has 0 amide bonds. The van der Waals surface area contributed by atoms with Gasteiger partial charge in [0.1, 0.15) is 17.4 Å². The van der Waals surface area contributed by atoms with Crippen LogP contribution in [0.1, 0.15) is 5.56 Å². The molecule has 0 unspecified atom stereocenters. The number of alkyl halides is 3. The zero-order chi connectivity index (χ0) is 13.4. The molecule has 1 aromatic rings. The van der Waals surface area contributed by atoms with Gasteiger partial charge in [-0.25, -0.2) is 13.2 Å². The Labute approximate surface area is 89.8 Å². The molecule has 1 aromatic carbocycles. The number of benzene rings is 1. The highest BCUT2D eigenvalue weighted by atomic mass is 19.4. The third-order valence-electron chi connectivity index (χ3n) is 1.69. The first-order valence-electron chi connectivity index (χ1n) is 3.95. The maximum atomic E-state index is 12.9. The van der Waals surface area contributed by atoms with E-state index >= 15 is 0 Å². The predicted octanol–water partition coefficient (Wildman–Crippen LogP) is 3.84. The molecule has 0 fully saturated rings. The van der Waals surface area contributed by atoms with E-state index in [0.717, 1.165) is 0 Å². The molecule has 17 heavy (non-hydrogen) atoms. The van der Waals surface area contributed by atoms with Crippen LogP contribution in [0.25, 0.3) is 5.83 Å². The van der Waals surface area contributed by atoms with Crippen LogP contribution in [0.3, 0.4) is 0 Å². The lowest BCUT2D eigenvalue weighted by Gasteiger charge is -2.07. The minimum Gasteiger partial charge on any atom is -0.508 e. The smallest absolute Gasteiger partial charge is 0.445 e. The zero-order valence-corrected chi connectivity index (χ0v) is 7.75. The molecule has 8 heteroatoms. The molecule has 1 nitrogen and oxygen atoms in total. The van der Waals surface area contributed by atoms with E-state index < -0.39 is 40.8 Å². The van der Waals surface area contributed by atoms with Crippen molar-refractivity contribution in [3.05, 3.63) is 35.2 Å². The Bertz CT molecular complexity index is 452. The quantitative estimate of drug-likeness (QED) is 0.760. The minimum absolute atomic E-state index is 0.154. The molecule has 0 atom stereocenters. The predicted molar refractivity (Wildman–Crippen MR) is 43.2 cm³/mol. The fourth-order valence-electron chi connectivity index (χ4n) is 1.00. The number of rotatable bonds is 1. The first kappa shape index (κ1) is 13.3. The summed E-state index contributed by atoms with van der Waals surface area (Å²) in [6.07, 6.45) is -5.69. The number of hydrogen-bond acceptors (Lipinski definition) is 1. The van der Waals surface area contributed by atoms with Gasteiger partial charge in [0.15, 0.2) is 5.83 Å². The summed E-state index contributed by atoms with van der Waals surface area (Å²) in [7, 11) is 0. The van der Waals surface area contributed by atoms with Gasteiger partial charge in [-0.05, 0) is 0 Å². The van der Waals surface area contributed by atoms with Crippen molar-refractivity contribution in [2.24, 2.45) is 0 Å². The van der Waals surface area contributed by atoms with Crippen LogP contribution < -0.4 is 0 Å². The third kappa shape index (κ3) is 2.69. The first-order valence-corrected chi connectivity index (χ1v) is 3.95. The average Bonchev–Trinajstić information content (AvgIpc) is 2.13. The lowest BCUT2D eigenvalue weighted by molar-refractivity contribution is -0.108. The fourth-order valence-corrected chi connectivity index (χ4v) is 1.00. The van der Waals surface area contributed by atoms with Gasteiger partial charge in [0.2, 0.25) is 5.83 Å². The molecule has 1 rings (SSSR count). The van der Waals surface area contributed by atoms with Crippen LogP contribution in [-0.4, -0.2) is 11.3 Å². The lowest BCUT2D eigenvalue weighted by Crippen LogP contribution is -2.10. The van der Waals surface area contributed by atoms with E-state index in [-0.39, 0.29) is 12.1 Å². The summed E-state index contributed by atoms with van der Waals surface area (Å²) < 4.78 is 86.4. The Kier molecular flexibility index (Phi) is 3.35. The van der Waals surface area contributed by atoms with Gasteiger partial charge >= 0.3 is 6.18 Å². The van der Waals surface area contributed by atoms with Crippen LogP contribution in [0.4, 0.5) is 30.7 Å². The molecule has 0 bridgehead atoms. The van der Waals surface area contributed by atoms with Crippen LogP contribution in [-0.2, 0) is 0 Å². The summed E-state index contributed by atoms with van der Waals surface area (Å²) in [5.41, 5.74) is -1.82. The number of hydrogen-bond donors (Lipinski definition) is 1. The van der Waals surface area contributed by atoms with Crippen LogP contribution >= 0.6 is 0 Å². The molecule has 0 radical (unpaired) electrons. The Morgan fingerprint density at radius 1 is 1.00 bits per heavy atom. The average molecular weight is 260 g/mol. The van der Waals surface area contributed by atoms with E-state index in [9.17, 15) is 30.7 Å². The van der Waals surface area contributed by atoms with Crippen molar-refractivity contribution in [3.8, 4) is 5.75 Å². The SMILES string of the molecule is Oc1cc(F)c(C(F)=C(F)C(F)(F)F)c(F)c1. The number of halogens is 7. The van der Waals surface area contributed by atoms with Crippen LogP contribution in [0.2, 0.25) is 0 Å².